The van der Waals surface area contributed by atoms with Gasteiger partial charge >= 0.3 is 0 Å². The first-order valence-corrected chi connectivity index (χ1v) is 6.44. The van der Waals surface area contributed by atoms with Gasteiger partial charge in [0.05, 0.1) is 11.9 Å². The van der Waals surface area contributed by atoms with E-state index in [0.717, 1.165) is 12.2 Å². The topological polar surface area (TPSA) is 85.0 Å². The molecule has 1 aromatic carbocycles. The van der Waals surface area contributed by atoms with E-state index >= 15 is 0 Å². The maximum atomic E-state index is 11.8. The minimum atomic E-state index is -0.137. The quantitative estimate of drug-likeness (QED) is 0.717. The second-order valence-corrected chi connectivity index (χ2v) is 4.69. The lowest BCUT2D eigenvalue weighted by atomic mass is 10.1. The molecule has 0 aliphatic heterocycles. The largest absolute Gasteiger partial charge is 0.399 e. The van der Waals surface area contributed by atoms with Crippen molar-refractivity contribution in [3.63, 3.8) is 0 Å². The van der Waals surface area contributed by atoms with E-state index in [1.54, 1.807) is 37.8 Å². The predicted octanol–water partition coefficient (Wildman–Crippen LogP) is 1.33. The zero-order valence-electron chi connectivity index (χ0n) is 11.6. The first kappa shape index (κ1) is 13.9. The van der Waals surface area contributed by atoms with Crippen molar-refractivity contribution in [2.24, 2.45) is 0 Å². The highest BCUT2D eigenvalue weighted by atomic mass is 16.1. The third-order valence-corrected chi connectivity index (χ3v) is 2.96. The van der Waals surface area contributed by atoms with Crippen molar-refractivity contribution in [3.05, 3.63) is 42.5 Å². The average Bonchev–Trinajstić information content (AvgIpc) is 2.90. The van der Waals surface area contributed by atoms with Gasteiger partial charge < -0.3 is 20.9 Å². The number of aromatic nitrogens is 2. The number of nitrogen functional groups attached to an aromatic ring is 1. The normalized spacial score (nSPS) is 11.9. The Morgan fingerprint density at radius 2 is 2.30 bits per heavy atom. The Bertz CT molecular complexity index is 579. The van der Waals surface area contributed by atoms with E-state index in [-0.39, 0.29) is 11.9 Å². The molecule has 4 N–H and O–H groups in total. The van der Waals surface area contributed by atoms with Gasteiger partial charge in [-0.05, 0) is 25.1 Å². The number of nitrogens with zero attached hydrogens (tertiary/aromatic N) is 2. The van der Waals surface area contributed by atoms with Crippen LogP contribution in [0.3, 0.4) is 0 Å². The number of nitrogens with two attached hydrogens (primary N) is 1. The molecule has 0 aliphatic carbocycles. The molecule has 0 aliphatic rings. The summed E-state index contributed by atoms with van der Waals surface area (Å²) in [6.45, 7) is 2.79. The molecule has 1 heterocycles. The molecular weight excluding hydrogens is 254 g/mol. The molecule has 20 heavy (non-hydrogen) atoms. The molecule has 2 rings (SSSR count). The van der Waals surface area contributed by atoms with Crippen LogP contribution in [0.15, 0.2) is 36.9 Å². The van der Waals surface area contributed by atoms with E-state index in [1.807, 2.05) is 17.7 Å². The van der Waals surface area contributed by atoms with Crippen LogP contribution in [0.1, 0.15) is 17.3 Å². The maximum Gasteiger partial charge on any atom is 0.253 e. The van der Waals surface area contributed by atoms with Gasteiger partial charge in [0.2, 0.25) is 0 Å². The lowest BCUT2D eigenvalue weighted by Crippen LogP contribution is -2.25. The van der Waals surface area contributed by atoms with Crippen molar-refractivity contribution in [1.29, 1.82) is 0 Å². The van der Waals surface area contributed by atoms with E-state index in [2.05, 4.69) is 15.6 Å². The summed E-state index contributed by atoms with van der Waals surface area (Å²) < 4.78 is 1.98. The summed E-state index contributed by atoms with van der Waals surface area (Å²) in [5.41, 5.74) is 7.73. The van der Waals surface area contributed by atoms with Crippen molar-refractivity contribution in [2.75, 3.05) is 18.1 Å². The fourth-order valence-corrected chi connectivity index (χ4v) is 2.04. The highest BCUT2D eigenvalue weighted by Gasteiger charge is 2.12. The number of hydrogen-bond donors (Lipinski definition) is 3. The van der Waals surface area contributed by atoms with Gasteiger partial charge in [-0.1, -0.05) is 0 Å². The first-order valence-electron chi connectivity index (χ1n) is 6.44. The Morgan fingerprint density at radius 3 is 2.95 bits per heavy atom. The molecule has 6 nitrogen and oxygen atoms in total. The smallest absolute Gasteiger partial charge is 0.253 e. The van der Waals surface area contributed by atoms with Gasteiger partial charge in [0.1, 0.15) is 0 Å². The minimum Gasteiger partial charge on any atom is -0.399 e. The zero-order valence-corrected chi connectivity index (χ0v) is 11.6. The number of hydrogen-bond acceptors (Lipinski definition) is 4. The molecule has 106 valence electrons. The van der Waals surface area contributed by atoms with Crippen LogP contribution in [0.25, 0.3) is 0 Å². The van der Waals surface area contributed by atoms with Crippen LogP contribution >= 0.6 is 0 Å². The molecule has 6 heteroatoms. The number of rotatable bonds is 5. The van der Waals surface area contributed by atoms with Gasteiger partial charge in [-0.15, -0.1) is 0 Å². The third-order valence-electron chi connectivity index (χ3n) is 2.96. The van der Waals surface area contributed by atoms with Gasteiger partial charge in [-0.25, -0.2) is 4.98 Å². The van der Waals surface area contributed by atoms with Crippen molar-refractivity contribution in [2.45, 2.75) is 19.5 Å². The van der Waals surface area contributed by atoms with Crippen LogP contribution in [-0.4, -0.2) is 28.5 Å². The van der Waals surface area contributed by atoms with E-state index in [4.69, 9.17) is 5.73 Å². The molecule has 0 saturated carbocycles. The van der Waals surface area contributed by atoms with E-state index < -0.39 is 0 Å². The van der Waals surface area contributed by atoms with Crippen LogP contribution in [-0.2, 0) is 6.54 Å². The number of carbonyl (C=O) groups is 1. The molecular formula is C14H19N5O. The molecule has 0 saturated heterocycles. The van der Waals surface area contributed by atoms with Gasteiger partial charge in [-0.3, -0.25) is 4.79 Å². The predicted molar refractivity (Wildman–Crippen MR) is 79.6 cm³/mol. The van der Waals surface area contributed by atoms with Crippen molar-refractivity contribution >= 4 is 17.3 Å². The average molecular weight is 273 g/mol. The number of nitrogens with one attached hydrogen (secondary N) is 2. The number of carbonyl (C=O) groups excluding carboxylic acids is 1. The molecule has 0 spiro atoms. The Hall–Kier alpha value is -2.50. The molecule has 1 aromatic heterocycles. The van der Waals surface area contributed by atoms with Crippen LogP contribution in [0.2, 0.25) is 0 Å². The second-order valence-electron chi connectivity index (χ2n) is 4.69. The lowest BCUT2D eigenvalue weighted by molar-refractivity contribution is 0.0964. The van der Waals surface area contributed by atoms with Crippen LogP contribution < -0.4 is 16.4 Å². The molecule has 2 aromatic rings. The molecule has 1 unspecified atom stereocenters. The van der Waals surface area contributed by atoms with Gasteiger partial charge in [0, 0.05) is 43.4 Å². The summed E-state index contributed by atoms with van der Waals surface area (Å²) in [6, 6.07) is 5.35. The third kappa shape index (κ3) is 3.28. The fraction of sp³-hybridized carbons (Fsp3) is 0.286. The summed E-state index contributed by atoms with van der Waals surface area (Å²) in [4.78, 5) is 15.8. The molecule has 0 radical (unpaired) electrons. The standard InChI is InChI=1S/C14H19N5O/c1-10(8-19-6-5-17-9-19)18-13-7-11(15)3-4-12(13)14(20)16-2/h3-7,9-10,18H,8,15H2,1-2H3,(H,16,20). The van der Waals surface area contributed by atoms with Crippen LogP contribution in [0, 0.1) is 0 Å². The SMILES string of the molecule is CNC(=O)c1ccc(N)cc1NC(C)Cn1ccnc1. The number of imidazole rings is 1. The highest BCUT2D eigenvalue weighted by Crippen LogP contribution is 2.20. The summed E-state index contributed by atoms with van der Waals surface area (Å²) >= 11 is 0. The van der Waals surface area contributed by atoms with Crippen LogP contribution in [0.5, 0.6) is 0 Å². The number of anilines is 2. The van der Waals surface area contributed by atoms with E-state index in [9.17, 15) is 4.79 Å². The Morgan fingerprint density at radius 1 is 1.50 bits per heavy atom. The Kier molecular flexibility index (Phi) is 4.24. The molecule has 0 bridgehead atoms. The first-order chi connectivity index (χ1) is 9.60. The number of benzene rings is 1. The monoisotopic (exact) mass is 273 g/mol. The summed E-state index contributed by atoms with van der Waals surface area (Å²) in [5, 5.41) is 5.94. The second kappa shape index (κ2) is 6.10. The lowest BCUT2D eigenvalue weighted by Gasteiger charge is -2.18. The van der Waals surface area contributed by atoms with Crippen LogP contribution in [0.4, 0.5) is 11.4 Å². The molecule has 0 fully saturated rings. The summed E-state index contributed by atoms with van der Waals surface area (Å²) in [6.07, 6.45) is 5.40. The fourth-order valence-electron chi connectivity index (χ4n) is 2.04. The van der Waals surface area contributed by atoms with Crippen molar-refractivity contribution in [3.8, 4) is 0 Å². The maximum absolute atomic E-state index is 11.8. The minimum absolute atomic E-state index is 0.134. The summed E-state index contributed by atoms with van der Waals surface area (Å²) in [7, 11) is 1.61. The van der Waals surface area contributed by atoms with Gasteiger partial charge in [0.25, 0.3) is 5.91 Å². The zero-order chi connectivity index (χ0) is 14.5. The Labute approximate surface area is 118 Å². The molecule has 1 amide bonds. The van der Waals surface area contributed by atoms with E-state index in [0.29, 0.717) is 11.3 Å². The van der Waals surface area contributed by atoms with Crippen molar-refractivity contribution < 1.29 is 4.79 Å². The Balaban J connectivity index is 2.15. The number of amides is 1. The van der Waals surface area contributed by atoms with Crippen molar-refractivity contribution in [1.82, 2.24) is 14.9 Å². The molecule has 1 atom stereocenters. The van der Waals surface area contributed by atoms with E-state index in [1.165, 1.54) is 0 Å². The highest BCUT2D eigenvalue weighted by molar-refractivity contribution is 6.00. The summed E-state index contributed by atoms with van der Waals surface area (Å²) in [5.74, 6) is -0.137. The van der Waals surface area contributed by atoms with Gasteiger partial charge in [0.15, 0.2) is 0 Å². The van der Waals surface area contributed by atoms with Gasteiger partial charge in [-0.2, -0.15) is 0 Å².